The maximum absolute atomic E-state index is 13.5. The third kappa shape index (κ3) is 4.93. The smallest absolute Gasteiger partial charge is 0.197 e. The van der Waals surface area contributed by atoms with Crippen LogP contribution in [0.5, 0.6) is 11.5 Å². The molecule has 0 aliphatic rings. The monoisotopic (exact) mass is 532 g/mol. The molecule has 0 amide bonds. The van der Waals surface area contributed by atoms with Crippen molar-refractivity contribution in [3.8, 4) is 28.0 Å². The molecule has 0 bridgehead atoms. The van der Waals surface area contributed by atoms with Gasteiger partial charge in [-0.05, 0) is 26.0 Å². The molecule has 0 saturated carbocycles. The Hall–Kier alpha value is -3.45. The van der Waals surface area contributed by atoms with Gasteiger partial charge in [0.1, 0.15) is 28.8 Å². The van der Waals surface area contributed by atoms with Gasteiger partial charge in [0.25, 0.3) is 0 Å². The maximum atomic E-state index is 13.5. The number of benzene rings is 1. The van der Waals surface area contributed by atoms with Crippen LogP contribution in [0.25, 0.3) is 16.5 Å². The van der Waals surface area contributed by atoms with Gasteiger partial charge in [-0.25, -0.2) is 27.8 Å². The largest absolute Gasteiger partial charge is 0.494 e. The number of methoxy groups -OCH3 is 2. The van der Waals surface area contributed by atoms with E-state index in [4.69, 9.17) is 9.47 Å². The Morgan fingerprint density at radius 2 is 1.72 bits per heavy atom. The van der Waals surface area contributed by atoms with Crippen molar-refractivity contribution < 1.29 is 22.3 Å². The molecule has 2 atom stereocenters. The van der Waals surface area contributed by atoms with Gasteiger partial charge in [0, 0.05) is 17.0 Å². The van der Waals surface area contributed by atoms with Crippen molar-refractivity contribution in [3.05, 3.63) is 59.1 Å². The van der Waals surface area contributed by atoms with Crippen LogP contribution in [0.4, 0.5) is 4.39 Å². The lowest BCUT2D eigenvalue weighted by atomic mass is 10.1. The van der Waals surface area contributed by atoms with Crippen LogP contribution in [-0.4, -0.2) is 57.6 Å². The van der Waals surface area contributed by atoms with E-state index in [1.54, 1.807) is 36.6 Å². The summed E-state index contributed by atoms with van der Waals surface area (Å²) in [5.41, 5.74) is 1.26. The average Bonchev–Trinajstić information content (AvgIpc) is 3.48. The Morgan fingerprint density at radius 3 is 2.28 bits per heavy atom. The summed E-state index contributed by atoms with van der Waals surface area (Å²) in [5, 5.41) is 10.1. The molecule has 4 rings (SSSR count). The Labute approximate surface area is 212 Å². The zero-order chi connectivity index (χ0) is 26.0. The van der Waals surface area contributed by atoms with E-state index >= 15 is 0 Å². The molecule has 0 radical (unpaired) electrons. The Kier molecular flexibility index (Phi) is 7.31. The molecule has 0 aliphatic heterocycles. The highest BCUT2D eigenvalue weighted by atomic mass is 32.2. The van der Waals surface area contributed by atoms with E-state index in [0.29, 0.717) is 28.0 Å². The van der Waals surface area contributed by atoms with Crippen molar-refractivity contribution in [1.82, 2.24) is 29.7 Å². The van der Waals surface area contributed by atoms with Gasteiger partial charge < -0.3 is 9.47 Å². The summed E-state index contributed by atoms with van der Waals surface area (Å²) in [4.78, 5) is 12.4. The number of aryl methyl sites for hydroxylation is 1. The lowest BCUT2D eigenvalue weighted by Gasteiger charge is -2.20. The SMILES string of the molecule is COc1cccc(OC)c1-n1c(CS(=O)(=O)[C@H](C)[C@@H](C)c2ncc(F)cn2)nnc1-c1nc(C)cs1. The van der Waals surface area contributed by atoms with Crippen LogP contribution in [0.1, 0.15) is 37.1 Å². The van der Waals surface area contributed by atoms with Crippen molar-refractivity contribution in [1.29, 1.82) is 0 Å². The van der Waals surface area contributed by atoms with Gasteiger partial charge in [0.15, 0.2) is 32.3 Å². The number of para-hydroxylation sites is 1. The number of hydrogen-bond donors (Lipinski definition) is 0. The van der Waals surface area contributed by atoms with Crippen LogP contribution in [0.2, 0.25) is 0 Å². The number of rotatable bonds is 9. The zero-order valence-corrected chi connectivity index (χ0v) is 22.0. The van der Waals surface area contributed by atoms with E-state index in [1.165, 1.54) is 25.6 Å². The third-order valence-corrected chi connectivity index (χ3v) is 8.97. The Bertz CT molecular complexity index is 1450. The van der Waals surface area contributed by atoms with E-state index in [2.05, 4.69) is 25.1 Å². The van der Waals surface area contributed by atoms with Gasteiger partial charge in [0.2, 0.25) is 0 Å². The predicted molar refractivity (Wildman–Crippen MR) is 133 cm³/mol. The molecule has 3 aromatic heterocycles. The summed E-state index contributed by atoms with van der Waals surface area (Å²) in [5.74, 6) is 0.0480. The summed E-state index contributed by atoms with van der Waals surface area (Å²) >= 11 is 1.37. The normalized spacial score (nSPS) is 13.4. The van der Waals surface area contributed by atoms with Crippen LogP contribution in [0.15, 0.2) is 36.0 Å². The van der Waals surface area contributed by atoms with E-state index in [1.807, 2.05) is 12.3 Å². The first kappa shape index (κ1) is 25.6. The van der Waals surface area contributed by atoms with Crippen LogP contribution in [-0.2, 0) is 15.6 Å². The first-order chi connectivity index (χ1) is 17.2. The number of thiazole rings is 1. The van der Waals surface area contributed by atoms with E-state index < -0.39 is 32.6 Å². The minimum atomic E-state index is -3.80. The van der Waals surface area contributed by atoms with Gasteiger partial charge in [-0.1, -0.05) is 13.0 Å². The van der Waals surface area contributed by atoms with Gasteiger partial charge in [-0.3, -0.25) is 4.57 Å². The number of hydrogen-bond acceptors (Lipinski definition) is 10. The molecule has 0 unspecified atom stereocenters. The van der Waals surface area contributed by atoms with E-state index in [0.717, 1.165) is 18.1 Å². The molecule has 0 fully saturated rings. The van der Waals surface area contributed by atoms with Crippen LogP contribution in [0.3, 0.4) is 0 Å². The topological polar surface area (TPSA) is 122 Å². The summed E-state index contributed by atoms with van der Waals surface area (Å²) < 4.78 is 53.1. The number of ether oxygens (including phenoxy) is 2. The van der Waals surface area contributed by atoms with Gasteiger partial charge >= 0.3 is 0 Å². The summed E-state index contributed by atoms with van der Waals surface area (Å²) in [6.07, 6.45) is 2.04. The van der Waals surface area contributed by atoms with Gasteiger partial charge in [0.05, 0.1) is 31.9 Å². The fourth-order valence-corrected chi connectivity index (χ4v) is 6.00. The second-order valence-electron chi connectivity index (χ2n) is 8.14. The third-order valence-electron chi connectivity index (χ3n) is 5.81. The maximum Gasteiger partial charge on any atom is 0.197 e. The standard InChI is InChI=1S/C23H25FN6O4S2/c1-13-11-35-23(27-13)22-29-28-19(30(22)20-17(33-4)7-6-8-18(20)34-5)12-36(31,32)15(3)14(2)21-25-9-16(24)10-26-21/h6-11,14-15H,12H2,1-5H3/t14-,15-/m1/s1. The first-order valence-corrected chi connectivity index (χ1v) is 13.5. The lowest BCUT2D eigenvalue weighted by molar-refractivity contribution is 0.390. The molecule has 10 nitrogen and oxygen atoms in total. The molecule has 4 aromatic rings. The van der Waals surface area contributed by atoms with Crippen molar-refractivity contribution in [2.75, 3.05) is 14.2 Å². The molecule has 0 saturated heterocycles. The van der Waals surface area contributed by atoms with Crippen molar-refractivity contribution >= 4 is 21.2 Å². The average molecular weight is 533 g/mol. The molecule has 0 N–H and O–H groups in total. The fraction of sp³-hybridized carbons (Fsp3) is 0.348. The second kappa shape index (κ2) is 10.3. The van der Waals surface area contributed by atoms with Gasteiger partial charge in [-0.2, -0.15) is 0 Å². The molecule has 0 spiro atoms. The molecular formula is C23H25FN6O4S2. The zero-order valence-electron chi connectivity index (χ0n) is 20.3. The quantitative estimate of drug-likeness (QED) is 0.317. The lowest BCUT2D eigenvalue weighted by Crippen LogP contribution is -2.27. The van der Waals surface area contributed by atoms with E-state index in [9.17, 15) is 12.8 Å². The molecule has 36 heavy (non-hydrogen) atoms. The van der Waals surface area contributed by atoms with Crippen LogP contribution >= 0.6 is 11.3 Å². The molecule has 0 aliphatic carbocycles. The van der Waals surface area contributed by atoms with Crippen molar-refractivity contribution in [2.24, 2.45) is 0 Å². The summed E-state index contributed by atoms with van der Waals surface area (Å²) in [6, 6.07) is 5.24. The highest BCUT2D eigenvalue weighted by molar-refractivity contribution is 7.91. The summed E-state index contributed by atoms with van der Waals surface area (Å²) in [7, 11) is -0.775. The van der Waals surface area contributed by atoms with Crippen molar-refractivity contribution in [2.45, 2.75) is 37.7 Å². The predicted octanol–water partition coefficient (Wildman–Crippen LogP) is 3.75. The minimum Gasteiger partial charge on any atom is -0.494 e. The number of aromatic nitrogens is 6. The molecule has 3 heterocycles. The first-order valence-electron chi connectivity index (χ1n) is 10.9. The number of sulfone groups is 1. The summed E-state index contributed by atoms with van der Waals surface area (Å²) in [6.45, 7) is 5.12. The van der Waals surface area contributed by atoms with Crippen molar-refractivity contribution in [3.63, 3.8) is 0 Å². The van der Waals surface area contributed by atoms with Crippen LogP contribution in [0, 0.1) is 12.7 Å². The van der Waals surface area contributed by atoms with E-state index in [-0.39, 0.29) is 11.6 Å². The fourth-order valence-electron chi connectivity index (χ4n) is 3.68. The Balaban J connectivity index is 1.81. The highest BCUT2D eigenvalue weighted by Gasteiger charge is 2.33. The Morgan fingerprint density at radius 1 is 1.08 bits per heavy atom. The molecule has 1 aromatic carbocycles. The molecular weight excluding hydrogens is 507 g/mol. The number of nitrogens with zero attached hydrogens (tertiary/aromatic N) is 6. The number of halogens is 1. The highest BCUT2D eigenvalue weighted by Crippen LogP contribution is 2.37. The van der Waals surface area contributed by atoms with Crippen LogP contribution < -0.4 is 9.47 Å². The second-order valence-corrected chi connectivity index (χ2v) is 11.4. The molecule has 13 heteroatoms. The van der Waals surface area contributed by atoms with Gasteiger partial charge in [-0.15, -0.1) is 21.5 Å². The minimum absolute atomic E-state index is 0.166. The molecule has 190 valence electrons.